The van der Waals surface area contributed by atoms with E-state index in [0.29, 0.717) is 42.7 Å². The van der Waals surface area contributed by atoms with E-state index >= 15 is 0 Å². The number of hydrogen-bond acceptors (Lipinski definition) is 6. The molecule has 4 aliphatic rings. The Morgan fingerprint density at radius 1 is 0.613 bits per heavy atom. The number of allylic oxidation sites excluding steroid dienone is 2. The van der Waals surface area contributed by atoms with Gasteiger partial charge in [-0.3, -0.25) is 19.2 Å². The summed E-state index contributed by atoms with van der Waals surface area (Å²) in [6, 6.07) is 22.1. The van der Waals surface area contributed by atoms with Crippen LogP contribution in [0.25, 0.3) is 11.1 Å². The summed E-state index contributed by atoms with van der Waals surface area (Å²) in [5, 5.41) is 23.7. The summed E-state index contributed by atoms with van der Waals surface area (Å²) in [5.41, 5.74) is 17.2. The van der Waals surface area contributed by atoms with Crippen LogP contribution in [0.1, 0.15) is 124 Å². The summed E-state index contributed by atoms with van der Waals surface area (Å²) in [4.78, 5) is 80.9. The molecule has 0 radical (unpaired) electrons. The first-order valence-corrected chi connectivity index (χ1v) is 21.8. The summed E-state index contributed by atoms with van der Waals surface area (Å²) in [6.07, 6.45) is 2.93. The van der Waals surface area contributed by atoms with E-state index in [9.17, 15) is 39.0 Å². The van der Waals surface area contributed by atoms with Crippen molar-refractivity contribution in [2.75, 3.05) is 13.1 Å². The first kappa shape index (κ1) is 43.9. The predicted octanol–water partition coefficient (Wildman–Crippen LogP) is 6.24. The minimum absolute atomic E-state index is 0.0314. The molecule has 3 aromatic rings. The normalized spacial score (nSPS) is 23.4. The van der Waals surface area contributed by atoms with Gasteiger partial charge in [-0.1, -0.05) is 100 Å². The van der Waals surface area contributed by atoms with E-state index < -0.39 is 59.0 Å². The molecule has 0 bridgehead atoms. The first-order valence-electron chi connectivity index (χ1n) is 21.8. The van der Waals surface area contributed by atoms with Crippen molar-refractivity contribution < 1.29 is 39.0 Å². The highest BCUT2D eigenvalue weighted by atomic mass is 16.4. The van der Waals surface area contributed by atoms with Crippen LogP contribution in [-0.2, 0) is 30.3 Å². The van der Waals surface area contributed by atoms with Gasteiger partial charge in [-0.25, -0.2) is 9.59 Å². The third kappa shape index (κ3) is 7.91. The molecule has 2 aliphatic carbocycles. The lowest BCUT2D eigenvalue weighted by Crippen LogP contribution is -2.59. The van der Waals surface area contributed by atoms with Crippen LogP contribution in [0.4, 0.5) is 9.59 Å². The van der Waals surface area contributed by atoms with Gasteiger partial charge >= 0.3 is 12.2 Å². The maximum absolute atomic E-state index is 13.9. The standard InChI is InChI=1S/C48H58N6O8/c1-27(2)39(51-45(59)60)41(55)53-25-5-23-47(53,43(49)57)34-17-13-31(14-18-34)36-21-22-37(38(36)33-11-9-30(10-12-33)29-7-8-29)32-15-19-35(20-16-32)48(44(50)58)24-6-26-54(48)42(56)40(28(3)4)52-46(61)62/h9-20,27-29,36,39-40,51-52H,5-8,21-26H2,1-4H3,(H2,49,57)(H2,50,58)(H,59,60)(H,61,62)/t36?,39-,40-,47-,48-/m0/s1. The topological polar surface area (TPSA) is 225 Å². The molecule has 0 spiro atoms. The number of nitrogens with zero attached hydrogens (tertiary/aromatic N) is 2. The monoisotopic (exact) mass is 846 g/mol. The number of carbonyl (C=O) groups excluding carboxylic acids is 4. The zero-order valence-electron chi connectivity index (χ0n) is 35.9. The number of carbonyl (C=O) groups is 6. The zero-order chi connectivity index (χ0) is 44.7. The molecule has 1 saturated carbocycles. The fourth-order valence-corrected chi connectivity index (χ4v) is 10.3. The first-order chi connectivity index (χ1) is 29.5. The molecule has 3 aromatic carbocycles. The molecule has 7 rings (SSSR count). The average Bonchev–Trinajstić information content (AvgIpc) is 3.60. The summed E-state index contributed by atoms with van der Waals surface area (Å²) in [7, 11) is 0. The van der Waals surface area contributed by atoms with Crippen LogP contribution < -0.4 is 22.1 Å². The molecule has 328 valence electrons. The highest BCUT2D eigenvalue weighted by molar-refractivity contribution is 5.98. The molecule has 2 saturated heterocycles. The van der Waals surface area contributed by atoms with E-state index in [4.69, 9.17) is 11.5 Å². The number of hydrogen-bond donors (Lipinski definition) is 6. The number of carboxylic acid groups (broad SMARTS) is 2. The molecule has 2 heterocycles. The van der Waals surface area contributed by atoms with Crippen LogP contribution >= 0.6 is 0 Å². The van der Waals surface area contributed by atoms with E-state index in [0.717, 1.165) is 40.7 Å². The molecular weight excluding hydrogens is 789 g/mol. The second kappa shape index (κ2) is 17.3. The van der Waals surface area contributed by atoms with Crippen LogP contribution in [-0.4, -0.2) is 81.0 Å². The Morgan fingerprint density at radius 2 is 1.03 bits per heavy atom. The highest BCUT2D eigenvalue weighted by Gasteiger charge is 2.53. The van der Waals surface area contributed by atoms with Crippen molar-refractivity contribution in [2.24, 2.45) is 23.3 Å². The van der Waals surface area contributed by atoms with E-state index in [1.54, 1.807) is 27.7 Å². The molecule has 5 atom stereocenters. The van der Waals surface area contributed by atoms with Gasteiger partial charge in [0.25, 0.3) is 0 Å². The molecule has 8 N–H and O–H groups in total. The fourth-order valence-electron chi connectivity index (χ4n) is 10.3. The molecule has 6 amide bonds. The number of nitrogens with two attached hydrogens (primary N) is 2. The lowest BCUT2D eigenvalue weighted by Gasteiger charge is -2.39. The van der Waals surface area contributed by atoms with Gasteiger partial charge in [0.1, 0.15) is 23.2 Å². The Labute approximate surface area is 362 Å². The largest absolute Gasteiger partial charge is 0.465 e. The van der Waals surface area contributed by atoms with Gasteiger partial charge < -0.3 is 42.1 Å². The van der Waals surface area contributed by atoms with Gasteiger partial charge in [0, 0.05) is 19.0 Å². The molecule has 62 heavy (non-hydrogen) atoms. The number of likely N-dealkylation sites (tertiary alicyclic amines) is 2. The second-order valence-electron chi connectivity index (χ2n) is 18.1. The second-order valence-corrected chi connectivity index (χ2v) is 18.1. The fraction of sp³-hybridized carbons (Fsp3) is 0.458. The van der Waals surface area contributed by atoms with Crippen molar-refractivity contribution in [2.45, 2.75) is 114 Å². The molecule has 14 heteroatoms. The maximum Gasteiger partial charge on any atom is 0.405 e. The molecule has 3 fully saturated rings. The lowest BCUT2D eigenvalue weighted by atomic mass is 9.82. The number of rotatable bonds is 14. The molecule has 14 nitrogen and oxygen atoms in total. The molecule has 0 aromatic heterocycles. The average molecular weight is 847 g/mol. The van der Waals surface area contributed by atoms with Gasteiger partial charge in [-0.15, -0.1) is 0 Å². The van der Waals surface area contributed by atoms with Gasteiger partial charge in [0.15, 0.2) is 0 Å². The van der Waals surface area contributed by atoms with Crippen LogP contribution in [0.15, 0.2) is 72.8 Å². The minimum atomic E-state index is -1.44. The van der Waals surface area contributed by atoms with Crippen LogP contribution in [0.5, 0.6) is 0 Å². The van der Waals surface area contributed by atoms with Crippen molar-refractivity contribution in [3.8, 4) is 0 Å². The van der Waals surface area contributed by atoms with Crippen molar-refractivity contribution in [1.29, 1.82) is 0 Å². The van der Waals surface area contributed by atoms with Gasteiger partial charge in [0.2, 0.25) is 23.6 Å². The van der Waals surface area contributed by atoms with E-state index in [1.807, 2.05) is 48.5 Å². The summed E-state index contributed by atoms with van der Waals surface area (Å²) in [6.45, 7) is 7.52. The Kier molecular flexibility index (Phi) is 12.2. The lowest BCUT2D eigenvalue weighted by molar-refractivity contribution is -0.146. The third-order valence-corrected chi connectivity index (χ3v) is 13.7. The van der Waals surface area contributed by atoms with E-state index in [1.165, 1.54) is 28.2 Å². The quantitative estimate of drug-likeness (QED) is 0.109. The SMILES string of the molecule is CC(C)[C@H](NC(=O)O)C(=O)N1CCC[C@@]1(C(N)=O)c1ccc(C2=C(c3ccc(C4CC4)cc3)C(c3ccc([C@]4(C(N)=O)CCCN4C(=O)[C@@H](NC(=O)O)C(C)C)cc3)CC2)cc1. The number of primary amides is 2. The van der Waals surface area contributed by atoms with Crippen molar-refractivity contribution in [1.82, 2.24) is 20.4 Å². The van der Waals surface area contributed by atoms with Crippen molar-refractivity contribution in [3.63, 3.8) is 0 Å². The van der Waals surface area contributed by atoms with Crippen molar-refractivity contribution >= 4 is 47.0 Å². The number of amides is 6. The summed E-state index contributed by atoms with van der Waals surface area (Å²) >= 11 is 0. The van der Waals surface area contributed by atoms with Crippen LogP contribution in [0, 0.1) is 11.8 Å². The Hall–Kier alpha value is -6.18. The molecule has 2 aliphatic heterocycles. The van der Waals surface area contributed by atoms with Gasteiger partial charge in [0.05, 0.1) is 0 Å². The minimum Gasteiger partial charge on any atom is -0.465 e. The summed E-state index contributed by atoms with van der Waals surface area (Å²) < 4.78 is 0. The van der Waals surface area contributed by atoms with E-state index in [-0.39, 0.29) is 30.8 Å². The predicted molar refractivity (Wildman–Crippen MR) is 233 cm³/mol. The van der Waals surface area contributed by atoms with Gasteiger partial charge in [-0.2, -0.15) is 0 Å². The highest BCUT2D eigenvalue weighted by Crippen LogP contribution is 2.51. The summed E-state index contributed by atoms with van der Waals surface area (Å²) in [5.74, 6) is -2.49. The molecule has 1 unspecified atom stereocenters. The van der Waals surface area contributed by atoms with Crippen LogP contribution in [0.2, 0.25) is 0 Å². The maximum atomic E-state index is 13.9. The Balaban J connectivity index is 1.25. The van der Waals surface area contributed by atoms with Gasteiger partial charge in [-0.05, 0) is 114 Å². The third-order valence-electron chi connectivity index (χ3n) is 13.7. The Bertz CT molecular complexity index is 2270. The van der Waals surface area contributed by atoms with E-state index in [2.05, 4.69) is 34.9 Å². The zero-order valence-corrected chi connectivity index (χ0v) is 35.9. The number of nitrogens with one attached hydrogen (secondary N) is 2. The molecular formula is C48H58N6O8. The smallest absolute Gasteiger partial charge is 0.405 e. The van der Waals surface area contributed by atoms with Crippen LogP contribution in [0.3, 0.4) is 0 Å². The van der Waals surface area contributed by atoms with Crippen molar-refractivity contribution in [3.05, 3.63) is 106 Å². The number of benzene rings is 3. The Morgan fingerprint density at radius 3 is 1.44 bits per heavy atom.